The van der Waals surface area contributed by atoms with Crippen LogP contribution in [0.4, 0.5) is 5.69 Å². The first-order valence-electron chi connectivity index (χ1n) is 10.8. The second-order valence-corrected chi connectivity index (χ2v) is 7.50. The second-order valence-electron chi connectivity index (χ2n) is 7.50. The summed E-state index contributed by atoms with van der Waals surface area (Å²) in [7, 11) is 5.08. The maximum atomic E-state index is 5.66. The number of rotatable bonds is 9. The fourth-order valence-electron chi connectivity index (χ4n) is 3.76. The Bertz CT molecular complexity index is 822. The number of nitrogens with zero attached hydrogens (tertiary/aromatic N) is 2. The summed E-state index contributed by atoms with van der Waals surface area (Å²) >= 11 is 0. The van der Waals surface area contributed by atoms with Crippen LogP contribution in [-0.4, -0.2) is 59.5 Å². The summed E-state index contributed by atoms with van der Waals surface area (Å²) in [5, 5.41) is 6.94. The van der Waals surface area contributed by atoms with Crippen LogP contribution in [0.1, 0.15) is 25.0 Å². The summed E-state index contributed by atoms with van der Waals surface area (Å²) < 4.78 is 16.5. The molecule has 2 aromatic carbocycles. The van der Waals surface area contributed by atoms with Crippen LogP contribution < -0.4 is 25.0 Å². The average Bonchev–Trinajstić information content (AvgIpc) is 3.28. The third-order valence-electron chi connectivity index (χ3n) is 5.45. The summed E-state index contributed by atoms with van der Waals surface area (Å²) in [5.74, 6) is 2.41. The summed E-state index contributed by atoms with van der Waals surface area (Å²) in [5.41, 5.74) is 2.23. The Morgan fingerprint density at radius 1 is 1.10 bits per heavy atom. The minimum absolute atomic E-state index is 0.0685. The van der Waals surface area contributed by atoms with Crippen LogP contribution in [0.25, 0.3) is 0 Å². The molecule has 0 aliphatic carbocycles. The van der Waals surface area contributed by atoms with Gasteiger partial charge in [-0.2, -0.15) is 0 Å². The van der Waals surface area contributed by atoms with Crippen molar-refractivity contribution in [1.29, 1.82) is 0 Å². The van der Waals surface area contributed by atoms with Crippen molar-refractivity contribution in [3.05, 3.63) is 54.1 Å². The minimum atomic E-state index is -0.0685. The zero-order chi connectivity index (χ0) is 22.1. The predicted molar refractivity (Wildman–Crippen MR) is 125 cm³/mol. The van der Waals surface area contributed by atoms with Crippen molar-refractivity contribution in [2.45, 2.75) is 25.5 Å². The summed E-state index contributed by atoms with van der Waals surface area (Å²) in [6, 6.07) is 16.5. The zero-order valence-electron chi connectivity index (χ0n) is 18.9. The number of anilines is 1. The highest BCUT2D eigenvalue weighted by atomic mass is 16.5. The van der Waals surface area contributed by atoms with Crippen molar-refractivity contribution in [2.75, 3.05) is 52.4 Å². The summed E-state index contributed by atoms with van der Waals surface area (Å²) in [4.78, 5) is 7.13. The third kappa shape index (κ3) is 6.28. The topological polar surface area (TPSA) is 67.4 Å². The van der Waals surface area contributed by atoms with E-state index in [2.05, 4.69) is 34.6 Å². The summed E-state index contributed by atoms with van der Waals surface area (Å²) in [6.07, 6.45) is 0.956. The minimum Gasteiger partial charge on any atom is -0.497 e. The number of aliphatic imine (C=N–C) groups is 1. The van der Waals surface area contributed by atoms with Crippen LogP contribution in [-0.2, 0) is 4.74 Å². The molecule has 7 heteroatoms. The van der Waals surface area contributed by atoms with Gasteiger partial charge in [-0.3, -0.25) is 4.99 Å². The van der Waals surface area contributed by atoms with Gasteiger partial charge in [0, 0.05) is 56.7 Å². The molecule has 31 heavy (non-hydrogen) atoms. The van der Waals surface area contributed by atoms with Crippen LogP contribution >= 0.6 is 0 Å². The van der Waals surface area contributed by atoms with Crippen LogP contribution in [0.5, 0.6) is 11.5 Å². The van der Waals surface area contributed by atoms with Gasteiger partial charge >= 0.3 is 0 Å². The van der Waals surface area contributed by atoms with Crippen LogP contribution in [0.3, 0.4) is 0 Å². The molecule has 1 heterocycles. The molecule has 1 aliphatic rings. The Morgan fingerprint density at radius 3 is 2.42 bits per heavy atom. The van der Waals surface area contributed by atoms with Crippen LogP contribution in [0.2, 0.25) is 0 Å². The van der Waals surface area contributed by atoms with Crippen molar-refractivity contribution in [3.63, 3.8) is 0 Å². The van der Waals surface area contributed by atoms with Gasteiger partial charge in [0.25, 0.3) is 0 Å². The fraction of sp³-hybridized carbons (Fsp3) is 0.458. The van der Waals surface area contributed by atoms with E-state index in [0.717, 1.165) is 54.8 Å². The molecule has 0 radical (unpaired) electrons. The van der Waals surface area contributed by atoms with E-state index in [0.29, 0.717) is 12.6 Å². The number of methoxy groups -OCH3 is 3. The van der Waals surface area contributed by atoms with E-state index in [4.69, 9.17) is 19.2 Å². The lowest BCUT2D eigenvalue weighted by Gasteiger charge is -2.22. The number of hydrogen-bond donors (Lipinski definition) is 2. The average molecular weight is 427 g/mol. The number of benzene rings is 2. The molecule has 2 unspecified atom stereocenters. The van der Waals surface area contributed by atoms with Gasteiger partial charge in [-0.05, 0) is 18.9 Å². The van der Waals surface area contributed by atoms with Crippen molar-refractivity contribution in [1.82, 2.24) is 10.6 Å². The van der Waals surface area contributed by atoms with E-state index < -0.39 is 0 Å². The maximum absolute atomic E-state index is 5.66. The van der Waals surface area contributed by atoms with Crippen molar-refractivity contribution in [2.24, 2.45) is 4.99 Å². The third-order valence-corrected chi connectivity index (χ3v) is 5.45. The molecule has 1 aliphatic heterocycles. The lowest BCUT2D eigenvalue weighted by Crippen LogP contribution is -2.44. The van der Waals surface area contributed by atoms with Crippen LogP contribution in [0.15, 0.2) is 53.5 Å². The zero-order valence-corrected chi connectivity index (χ0v) is 18.9. The molecule has 0 bridgehead atoms. The molecule has 1 saturated heterocycles. The molecule has 3 rings (SSSR count). The number of hydrogen-bond acceptors (Lipinski definition) is 5. The highest BCUT2D eigenvalue weighted by Gasteiger charge is 2.24. The Labute approximate surface area is 185 Å². The lowest BCUT2D eigenvalue weighted by atomic mass is 10.1. The predicted octanol–water partition coefficient (Wildman–Crippen LogP) is 3.23. The van der Waals surface area contributed by atoms with Gasteiger partial charge < -0.3 is 29.7 Å². The largest absolute Gasteiger partial charge is 0.497 e. The van der Waals surface area contributed by atoms with E-state index in [1.54, 1.807) is 21.3 Å². The fourth-order valence-corrected chi connectivity index (χ4v) is 3.76. The molecule has 2 atom stereocenters. The Hall–Kier alpha value is -2.93. The molecule has 0 amide bonds. The Balaban J connectivity index is 1.64. The summed E-state index contributed by atoms with van der Waals surface area (Å²) in [6.45, 7) is 5.27. The standard InChI is InChI=1S/C24H34N4O3/c1-5-25-24(26-16-23(31-4)18-9-7-6-8-10-18)27-19-11-12-28(17-19)20-13-21(29-2)15-22(14-20)30-3/h6-10,13-15,19,23H,5,11-12,16-17H2,1-4H3,(H2,25,26,27). The van der Waals surface area contributed by atoms with E-state index in [-0.39, 0.29) is 6.10 Å². The van der Waals surface area contributed by atoms with E-state index in [1.807, 2.05) is 36.4 Å². The Kier molecular flexibility index (Phi) is 8.41. The monoisotopic (exact) mass is 426 g/mol. The lowest BCUT2D eigenvalue weighted by molar-refractivity contribution is 0.111. The molecule has 2 aromatic rings. The number of guanidine groups is 1. The van der Waals surface area contributed by atoms with E-state index >= 15 is 0 Å². The molecule has 1 fully saturated rings. The normalized spacial score (nSPS) is 17.4. The smallest absolute Gasteiger partial charge is 0.191 e. The van der Waals surface area contributed by atoms with Gasteiger partial charge in [0.2, 0.25) is 0 Å². The van der Waals surface area contributed by atoms with Crippen molar-refractivity contribution >= 4 is 11.6 Å². The molecular weight excluding hydrogens is 392 g/mol. The molecule has 0 saturated carbocycles. The first-order chi connectivity index (χ1) is 15.2. The van der Waals surface area contributed by atoms with E-state index in [1.165, 1.54) is 0 Å². The van der Waals surface area contributed by atoms with Gasteiger partial charge in [-0.1, -0.05) is 30.3 Å². The molecule has 2 N–H and O–H groups in total. The quantitative estimate of drug-likeness (QED) is 0.474. The highest BCUT2D eigenvalue weighted by molar-refractivity contribution is 5.80. The van der Waals surface area contributed by atoms with Gasteiger partial charge in [-0.15, -0.1) is 0 Å². The van der Waals surface area contributed by atoms with Crippen molar-refractivity contribution in [3.8, 4) is 11.5 Å². The van der Waals surface area contributed by atoms with Crippen molar-refractivity contribution < 1.29 is 14.2 Å². The molecule has 168 valence electrons. The van der Waals surface area contributed by atoms with Gasteiger partial charge in [0.1, 0.15) is 17.6 Å². The first-order valence-corrected chi connectivity index (χ1v) is 10.8. The van der Waals surface area contributed by atoms with E-state index in [9.17, 15) is 0 Å². The molecular formula is C24H34N4O3. The molecule has 0 aromatic heterocycles. The number of ether oxygens (including phenoxy) is 3. The van der Waals surface area contributed by atoms with Gasteiger partial charge in [0.05, 0.1) is 20.8 Å². The maximum Gasteiger partial charge on any atom is 0.191 e. The first kappa shape index (κ1) is 22.7. The SMILES string of the molecule is CCNC(=NCC(OC)c1ccccc1)NC1CCN(c2cc(OC)cc(OC)c2)C1. The molecule has 7 nitrogen and oxygen atoms in total. The number of nitrogens with one attached hydrogen (secondary N) is 2. The van der Waals surface area contributed by atoms with Gasteiger partial charge in [0.15, 0.2) is 5.96 Å². The highest BCUT2D eigenvalue weighted by Crippen LogP contribution is 2.30. The second kappa shape index (κ2) is 11.5. The Morgan fingerprint density at radius 2 is 1.81 bits per heavy atom. The molecule has 0 spiro atoms. The van der Waals surface area contributed by atoms with Gasteiger partial charge in [-0.25, -0.2) is 0 Å². The van der Waals surface area contributed by atoms with Crippen LogP contribution in [0, 0.1) is 0 Å².